The van der Waals surface area contributed by atoms with Crippen molar-refractivity contribution in [1.29, 1.82) is 0 Å². The molecule has 0 fully saturated rings. The lowest BCUT2D eigenvalue weighted by Crippen LogP contribution is -2.15. The Kier molecular flexibility index (Phi) is 22.9. The molecule has 0 aliphatic carbocycles. The van der Waals surface area contributed by atoms with Crippen LogP contribution < -0.4 is 56.9 Å². The normalized spacial score (nSPS) is 11.7. The quantitative estimate of drug-likeness (QED) is 0.0250. The van der Waals surface area contributed by atoms with Crippen LogP contribution in [-0.4, -0.2) is 45.7 Å². The fourth-order valence-electron chi connectivity index (χ4n) is 8.16. The third-order valence-corrected chi connectivity index (χ3v) is 16.7. The Morgan fingerprint density at radius 3 is 1.22 bits per heavy atom. The number of aromatic nitrogens is 3. The summed E-state index contributed by atoms with van der Waals surface area (Å²) in [5, 5.41) is 0. The number of para-hydroxylation sites is 6. The number of hydrogen-bond donors (Lipinski definition) is 5. The summed E-state index contributed by atoms with van der Waals surface area (Å²) in [4.78, 5) is 14.1. The molecule has 10 N–H and O–H groups in total. The summed E-state index contributed by atoms with van der Waals surface area (Å²) < 4.78 is 37.2. The minimum absolute atomic E-state index is 0.391. The molecule has 6 aromatic carbocycles. The summed E-state index contributed by atoms with van der Waals surface area (Å²) in [6.45, 7) is 3.06. The van der Waals surface area contributed by atoms with E-state index in [1.165, 1.54) is 0 Å². The van der Waals surface area contributed by atoms with Gasteiger partial charge in [-0.15, -0.1) is 4.51 Å². The number of hydrogen-bond acceptors (Lipinski definition) is 12. The molecule has 73 heavy (non-hydrogen) atoms. The van der Waals surface area contributed by atoms with Crippen LogP contribution in [0.2, 0.25) is 0 Å². The average molecular weight is 1050 g/mol. The molecule has 14 nitrogen and oxygen atoms in total. The molecule has 0 radical (unpaired) electrons. The molecule has 1 heterocycles. The first-order valence-corrected chi connectivity index (χ1v) is 28.9. The Balaban J connectivity index is 1.42. The van der Waals surface area contributed by atoms with Crippen molar-refractivity contribution < 1.29 is 28.2 Å². The lowest BCUT2D eigenvalue weighted by atomic mass is 10.1. The summed E-state index contributed by atoms with van der Waals surface area (Å²) in [6, 6.07) is 46.1. The van der Waals surface area contributed by atoms with E-state index in [1.807, 2.05) is 109 Å². The third-order valence-electron chi connectivity index (χ3n) is 12.1. The first-order chi connectivity index (χ1) is 36.0. The monoisotopic (exact) mass is 1050 g/mol. The van der Waals surface area contributed by atoms with E-state index in [1.54, 1.807) is 8.51 Å². The van der Waals surface area contributed by atoms with Gasteiger partial charge in [-0.1, -0.05) is 101 Å². The van der Waals surface area contributed by atoms with E-state index in [-0.39, 0.29) is 0 Å². The Labute approximate surface area is 435 Å². The molecule has 0 saturated carbocycles. The van der Waals surface area contributed by atoms with E-state index in [4.69, 9.17) is 61.4 Å². The van der Waals surface area contributed by atoms with Crippen LogP contribution in [0.5, 0.6) is 46.0 Å². The van der Waals surface area contributed by atoms with Crippen molar-refractivity contribution in [2.45, 2.75) is 96.3 Å². The predicted octanol–water partition coefficient (Wildman–Crippen LogP) is 12.7. The number of unbranched alkanes of at least 4 members (excludes halogenated alkanes) is 5. The Hall–Kier alpha value is -5.78. The van der Waals surface area contributed by atoms with Gasteiger partial charge in [0.2, 0.25) is 5.75 Å². The molecule has 0 aliphatic heterocycles. The fraction of sp³-hybridized carbons (Fsp3) is 0.357. The number of rotatable bonds is 32. The second-order valence-electron chi connectivity index (χ2n) is 17.6. The van der Waals surface area contributed by atoms with Gasteiger partial charge in [0.25, 0.3) is 0 Å². The Bertz CT molecular complexity index is 2790. The maximum Gasteiger partial charge on any atom is 0.319 e. The summed E-state index contributed by atoms with van der Waals surface area (Å²) in [5.74, 6) is 4.71. The maximum atomic E-state index is 7.28. The van der Waals surface area contributed by atoms with Crippen molar-refractivity contribution in [3.63, 3.8) is 0 Å². The number of nitrogens with two attached hydrogens (primary N) is 5. The first-order valence-electron chi connectivity index (χ1n) is 25.8. The molecule has 0 amide bonds. The van der Waals surface area contributed by atoms with E-state index in [0.29, 0.717) is 81.5 Å². The zero-order valence-electron chi connectivity index (χ0n) is 41.9. The average Bonchev–Trinajstić information content (AvgIpc) is 3.41. The number of aryl methyl sites for hydroxylation is 5. The highest BCUT2D eigenvalue weighted by atomic mass is 31.2. The minimum Gasteiger partial charge on any atom is -0.453 e. The first kappa shape index (κ1) is 55.0. The van der Waals surface area contributed by atoms with E-state index < -0.39 is 16.2 Å². The number of benzene rings is 6. The van der Waals surface area contributed by atoms with E-state index >= 15 is 0 Å². The van der Waals surface area contributed by atoms with Crippen LogP contribution in [0.3, 0.4) is 0 Å². The van der Waals surface area contributed by atoms with Crippen LogP contribution in [0.25, 0.3) is 0 Å². The largest absolute Gasteiger partial charge is 0.453 e. The van der Waals surface area contributed by atoms with Crippen LogP contribution in [0.15, 0.2) is 140 Å². The second-order valence-corrected chi connectivity index (χ2v) is 22.0. The molecule has 0 aliphatic rings. The van der Waals surface area contributed by atoms with Crippen molar-refractivity contribution in [3.8, 4) is 46.0 Å². The molecule has 0 bridgehead atoms. The molecular formula is C56H73N8O6P3. The fourth-order valence-corrected chi connectivity index (χ4v) is 13.1. The van der Waals surface area contributed by atoms with Crippen LogP contribution in [0, 0.1) is 0 Å². The van der Waals surface area contributed by atoms with Gasteiger partial charge in [0, 0.05) is 0 Å². The van der Waals surface area contributed by atoms with Gasteiger partial charge in [-0.05, 0) is 204 Å². The molecule has 1 aromatic heterocycles. The summed E-state index contributed by atoms with van der Waals surface area (Å²) in [6.07, 6.45) is 12.9. The standard InChI is InChI=1S/C56H73N8O6P3/c57-39-16-11-27-44-22-1-6-32-49(44)65-54-37-21-38-55(56(54)66-50-33-7-2-23-45(50)28-12-17-40-58)69-72-62-71-63(67-51-34-8-3-24-46(51)29-13-18-41-59)73(70-53-36-10-5-26-48(53)31-15-20-43-61)64(72)68-52-35-9-4-25-47(52)30-14-19-42-60/h1-10,21-26,32-38H,11-20,27-31,39-43,57-61H2. The molecule has 0 saturated heterocycles. The van der Waals surface area contributed by atoms with Crippen molar-refractivity contribution in [2.75, 3.05) is 32.7 Å². The van der Waals surface area contributed by atoms with E-state index in [2.05, 4.69) is 30.3 Å². The molecule has 7 rings (SSSR count). The highest BCUT2D eigenvalue weighted by Gasteiger charge is 2.26. The zero-order chi connectivity index (χ0) is 50.9. The maximum absolute atomic E-state index is 7.28. The van der Waals surface area contributed by atoms with Gasteiger partial charge in [-0.25, -0.2) is 0 Å². The number of nitrogens with zero attached hydrogens (tertiary/aromatic N) is 3. The van der Waals surface area contributed by atoms with Crippen LogP contribution in [-0.2, 0) is 32.1 Å². The molecule has 0 spiro atoms. The van der Waals surface area contributed by atoms with Gasteiger partial charge in [0.1, 0.15) is 17.2 Å². The van der Waals surface area contributed by atoms with Crippen molar-refractivity contribution in [2.24, 2.45) is 28.7 Å². The molecular weight excluding hydrogens is 974 g/mol. The van der Waals surface area contributed by atoms with Gasteiger partial charge in [-0.3, -0.25) is 0 Å². The Morgan fingerprint density at radius 2 is 0.740 bits per heavy atom. The van der Waals surface area contributed by atoms with Gasteiger partial charge in [-0.2, -0.15) is 0 Å². The van der Waals surface area contributed by atoms with Crippen LogP contribution >= 0.6 is 24.7 Å². The highest BCUT2D eigenvalue weighted by molar-refractivity contribution is 7.56. The molecule has 388 valence electrons. The smallest absolute Gasteiger partial charge is 0.319 e. The van der Waals surface area contributed by atoms with Gasteiger partial charge in [0.15, 0.2) is 31.5 Å². The van der Waals surface area contributed by atoms with Crippen molar-refractivity contribution >= 4 is 24.7 Å². The van der Waals surface area contributed by atoms with Crippen LogP contribution in [0.4, 0.5) is 0 Å². The number of ether oxygens (including phenoxy) is 2. The highest BCUT2D eigenvalue weighted by Crippen LogP contribution is 2.49. The molecule has 7 aromatic rings. The Morgan fingerprint density at radius 1 is 0.370 bits per heavy atom. The lowest BCUT2D eigenvalue weighted by molar-refractivity contribution is 0.229. The van der Waals surface area contributed by atoms with E-state index in [0.717, 1.165) is 130 Å². The van der Waals surface area contributed by atoms with Crippen molar-refractivity contribution in [3.05, 3.63) is 167 Å². The van der Waals surface area contributed by atoms with Crippen molar-refractivity contribution in [1.82, 2.24) is 13.0 Å². The minimum atomic E-state index is -2.05. The SMILES string of the molecule is NCCCCc1ccccc1Oc1cccc(Op2npn(Oc3ccccc3CCCCN)p(Oc3ccccc3CCCCN)n2Oc2ccccc2CCCCN)c1Oc1ccccc1CCCCN. The van der Waals surface area contributed by atoms with Gasteiger partial charge >= 0.3 is 16.2 Å². The summed E-state index contributed by atoms with van der Waals surface area (Å²) in [5.41, 5.74) is 34.9. The summed E-state index contributed by atoms with van der Waals surface area (Å²) >= 11 is 0. The molecule has 2 atom stereocenters. The topological polar surface area (TPSA) is 208 Å². The predicted molar refractivity (Wildman–Crippen MR) is 299 cm³/mol. The summed E-state index contributed by atoms with van der Waals surface area (Å²) in [7, 11) is -3.62. The third kappa shape index (κ3) is 16.4. The molecule has 2 unspecified atom stereocenters. The second kappa shape index (κ2) is 30.4. The van der Waals surface area contributed by atoms with Gasteiger partial charge in [0.05, 0.1) is 0 Å². The van der Waals surface area contributed by atoms with Gasteiger partial charge < -0.3 is 56.9 Å². The lowest BCUT2D eigenvalue weighted by Gasteiger charge is -2.23. The van der Waals surface area contributed by atoms with Crippen LogP contribution in [0.1, 0.15) is 92.0 Å². The zero-order valence-corrected chi connectivity index (χ0v) is 44.6. The molecule has 17 heteroatoms. The van der Waals surface area contributed by atoms with E-state index in [9.17, 15) is 0 Å².